The number of carbonyl (C=O) groups is 1. The number of carbonyl (C=O) groups excluding carboxylic acids is 1. The number of fused-ring (bicyclic) bond motifs is 1. The van der Waals surface area contributed by atoms with Crippen molar-refractivity contribution < 1.29 is 9.53 Å². The molecule has 2 aromatic carbocycles. The molecule has 7 heteroatoms. The van der Waals surface area contributed by atoms with Gasteiger partial charge in [0, 0.05) is 37.1 Å². The number of nitrogens with zero attached hydrogens (tertiary/aromatic N) is 4. The Kier molecular flexibility index (Phi) is 6.56. The third kappa shape index (κ3) is 5.02. The van der Waals surface area contributed by atoms with Gasteiger partial charge < -0.3 is 19.9 Å². The van der Waals surface area contributed by atoms with Crippen LogP contribution in [0.4, 0.5) is 11.8 Å². The van der Waals surface area contributed by atoms with E-state index in [9.17, 15) is 4.79 Å². The van der Waals surface area contributed by atoms with Crippen LogP contribution in [0.1, 0.15) is 42.5 Å². The number of aromatic nitrogens is 2. The number of hydrogen-bond acceptors (Lipinski definition) is 6. The highest BCUT2D eigenvalue weighted by Gasteiger charge is 2.19. The van der Waals surface area contributed by atoms with Crippen molar-refractivity contribution in [3.8, 4) is 5.75 Å². The number of anilines is 2. The molecule has 3 aromatic rings. The third-order valence-electron chi connectivity index (χ3n) is 6.39. The Hall–Kier alpha value is -3.35. The van der Waals surface area contributed by atoms with E-state index >= 15 is 0 Å². The van der Waals surface area contributed by atoms with Gasteiger partial charge >= 0.3 is 0 Å². The first-order valence-corrected chi connectivity index (χ1v) is 12.1. The van der Waals surface area contributed by atoms with E-state index in [1.165, 1.54) is 19.3 Å². The van der Waals surface area contributed by atoms with Crippen LogP contribution in [0, 0.1) is 0 Å². The number of hydrogen-bond donors (Lipinski definition) is 1. The molecule has 1 N–H and O–H groups in total. The average Bonchev–Trinajstić information content (AvgIpc) is 3.42. The molecule has 0 saturated carbocycles. The zero-order valence-corrected chi connectivity index (χ0v) is 19.0. The highest BCUT2D eigenvalue weighted by atomic mass is 16.5. The molecular formula is C26H31N5O2. The molecular weight excluding hydrogens is 414 g/mol. The van der Waals surface area contributed by atoms with Gasteiger partial charge in [-0.2, -0.15) is 4.98 Å². The SMILES string of the molecule is O=C(c1ccc(OCCNc2nc(N3CCCCC3)nc3ccccc23)cc1)N1CCCC1. The molecule has 2 aliphatic rings. The van der Waals surface area contributed by atoms with Gasteiger partial charge in [0.1, 0.15) is 18.2 Å². The van der Waals surface area contributed by atoms with Crippen molar-refractivity contribution in [2.24, 2.45) is 0 Å². The van der Waals surface area contributed by atoms with E-state index < -0.39 is 0 Å². The molecule has 172 valence electrons. The molecule has 33 heavy (non-hydrogen) atoms. The molecule has 1 aromatic heterocycles. The number of rotatable bonds is 7. The lowest BCUT2D eigenvalue weighted by Gasteiger charge is -2.27. The Balaban J connectivity index is 1.20. The quantitative estimate of drug-likeness (QED) is 0.546. The summed E-state index contributed by atoms with van der Waals surface area (Å²) in [5.41, 5.74) is 1.68. The zero-order chi connectivity index (χ0) is 22.5. The van der Waals surface area contributed by atoms with E-state index in [0.29, 0.717) is 13.2 Å². The van der Waals surface area contributed by atoms with Crippen molar-refractivity contribution in [3.63, 3.8) is 0 Å². The van der Waals surface area contributed by atoms with E-state index in [2.05, 4.69) is 16.3 Å². The maximum atomic E-state index is 12.5. The summed E-state index contributed by atoms with van der Waals surface area (Å²) in [4.78, 5) is 26.3. The van der Waals surface area contributed by atoms with Crippen LogP contribution >= 0.6 is 0 Å². The van der Waals surface area contributed by atoms with Crippen molar-refractivity contribution in [3.05, 3.63) is 54.1 Å². The second-order valence-corrected chi connectivity index (χ2v) is 8.74. The summed E-state index contributed by atoms with van der Waals surface area (Å²) < 4.78 is 5.91. The van der Waals surface area contributed by atoms with Gasteiger partial charge in [0.05, 0.1) is 12.1 Å². The Morgan fingerprint density at radius 2 is 1.61 bits per heavy atom. The number of likely N-dealkylation sites (tertiary alicyclic amines) is 1. The van der Waals surface area contributed by atoms with Gasteiger partial charge in [-0.1, -0.05) is 12.1 Å². The van der Waals surface area contributed by atoms with Crippen molar-refractivity contribution in [1.82, 2.24) is 14.9 Å². The number of nitrogens with one attached hydrogen (secondary N) is 1. The largest absolute Gasteiger partial charge is 0.492 e. The first-order chi connectivity index (χ1) is 16.3. The van der Waals surface area contributed by atoms with Crippen LogP contribution in [0.2, 0.25) is 0 Å². The molecule has 7 nitrogen and oxygen atoms in total. The summed E-state index contributed by atoms with van der Waals surface area (Å²) in [6, 6.07) is 15.6. The molecule has 0 unspecified atom stereocenters. The highest BCUT2D eigenvalue weighted by Crippen LogP contribution is 2.25. The number of benzene rings is 2. The molecule has 2 aliphatic heterocycles. The van der Waals surface area contributed by atoms with Gasteiger partial charge in [0.25, 0.3) is 5.91 Å². The monoisotopic (exact) mass is 445 g/mol. The minimum absolute atomic E-state index is 0.112. The standard InChI is InChI=1S/C26H31N5O2/c32-25(30-15-6-7-16-30)20-10-12-21(13-11-20)33-19-14-27-24-22-8-2-3-9-23(22)28-26(29-24)31-17-4-1-5-18-31/h2-3,8-13H,1,4-7,14-19H2,(H,27,28,29). The molecule has 3 heterocycles. The second kappa shape index (κ2) is 10.1. The normalized spacial score (nSPS) is 16.2. The van der Waals surface area contributed by atoms with E-state index in [1.54, 1.807) is 0 Å². The van der Waals surface area contributed by atoms with Crippen molar-refractivity contribution in [2.75, 3.05) is 49.5 Å². The molecule has 0 bridgehead atoms. The predicted octanol–water partition coefficient (Wildman–Crippen LogP) is 4.35. The van der Waals surface area contributed by atoms with Crippen molar-refractivity contribution >= 4 is 28.6 Å². The van der Waals surface area contributed by atoms with Crippen LogP contribution in [-0.2, 0) is 0 Å². The number of ether oxygens (including phenoxy) is 1. The number of piperidine rings is 1. The molecule has 1 amide bonds. The molecule has 2 saturated heterocycles. The summed E-state index contributed by atoms with van der Waals surface area (Å²) in [7, 11) is 0. The first-order valence-electron chi connectivity index (χ1n) is 12.1. The molecule has 2 fully saturated rings. The molecule has 0 radical (unpaired) electrons. The molecule has 0 atom stereocenters. The van der Waals surface area contributed by atoms with E-state index in [0.717, 1.165) is 73.0 Å². The Morgan fingerprint density at radius 1 is 0.879 bits per heavy atom. The number of para-hydroxylation sites is 1. The Morgan fingerprint density at radius 3 is 2.39 bits per heavy atom. The Labute approximate surface area is 194 Å². The van der Waals surface area contributed by atoms with Gasteiger partial charge in [0.2, 0.25) is 5.95 Å². The lowest BCUT2D eigenvalue weighted by Crippen LogP contribution is -2.31. The van der Waals surface area contributed by atoms with Crippen LogP contribution in [0.25, 0.3) is 10.9 Å². The fraction of sp³-hybridized carbons (Fsp3) is 0.423. The topological polar surface area (TPSA) is 70.6 Å². The zero-order valence-electron chi connectivity index (χ0n) is 19.0. The highest BCUT2D eigenvalue weighted by molar-refractivity contribution is 5.94. The summed E-state index contributed by atoms with van der Waals surface area (Å²) in [5, 5.41) is 4.46. The van der Waals surface area contributed by atoms with Gasteiger partial charge in [-0.25, -0.2) is 4.98 Å². The van der Waals surface area contributed by atoms with E-state index in [1.807, 2.05) is 47.4 Å². The lowest BCUT2D eigenvalue weighted by molar-refractivity contribution is 0.0793. The summed E-state index contributed by atoms with van der Waals surface area (Å²) >= 11 is 0. The fourth-order valence-electron chi connectivity index (χ4n) is 4.57. The van der Waals surface area contributed by atoms with Gasteiger partial charge in [-0.05, 0) is 68.5 Å². The maximum absolute atomic E-state index is 12.5. The van der Waals surface area contributed by atoms with E-state index in [4.69, 9.17) is 14.7 Å². The first kappa shape index (κ1) is 21.5. The van der Waals surface area contributed by atoms with E-state index in [-0.39, 0.29) is 5.91 Å². The van der Waals surface area contributed by atoms with Crippen LogP contribution in [0.5, 0.6) is 5.75 Å². The van der Waals surface area contributed by atoms with Gasteiger partial charge in [-0.3, -0.25) is 4.79 Å². The van der Waals surface area contributed by atoms with Crippen LogP contribution in [0.3, 0.4) is 0 Å². The molecule has 5 rings (SSSR count). The number of amides is 1. The predicted molar refractivity (Wildman–Crippen MR) is 131 cm³/mol. The van der Waals surface area contributed by atoms with Crippen molar-refractivity contribution in [2.45, 2.75) is 32.1 Å². The molecule has 0 spiro atoms. The third-order valence-corrected chi connectivity index (χ3v) is 6.39. The van der Waals surface area contributed by atoms with Gasteiger partial charge in [-0.15, -0.1) is 0 Å². The van der Waals surface area contributed by atoms with Gasteiger partial charge in [0.15, 0.2) is 0 Å². The van der Waals surface area contributed by atoms with Crippen LogP contribution < -0.4 is 15.0 Å². The molecule has 0 aliphatic carbocycles. The van der Waals surface area contributed by atoms with Crippen LogP contribution in [0.15, 0.2) is 48.5 Å². The smallest absolute Gasteiger partial charge is 0.253 e. The Bertz CT molecular complexity index is 1090. The summed E-state index contributed by atoms with van der Waals surface area (Å²) in [5.74, 6) is 2.52. The summed E-state index contributed by atoms with van der Waals surface area (Å²) in [6.07, 6.45) is 5.85. The minimum Gasteiger partial charge on any atom is -0.492 e. The summed E-state index contributed by atoms with van der Waals surface area (Å²) in [6.45, 7) is 4.86. The fourth-order valence-corrected chi connectivity index (χ4v) is 4.57. The van der Waals surface area contributed by atoms with Crippen LogP contribution in [-0.4, -0.2) is 60.1 Å². The maximum Gasteiger partial charge on any atom is 0.253 e. The van der Waals surface area contributed by atoms with Crippen molar-refractivity contribution in [1.29, 1.82) is 0 Å². The second-order valence-electron chi connectivity index (χ2n) is 8.74. The minimum atomic E-state index is 0.112. The lowest BCUT2D eigenvalue weighted by atomic mass is 10.1. The average molecular weight is 446 g/mol.